The fourth-order valence-corrected chi connectivity index (χ4v) is 1.13. The summed E-state index contributed by atoms with van der Waals surface area (Å²) in [4.78, 5) is 10.4. The Labute approximate surface area is 86.0 Å². The van der Waals surface area contributed by atoms with Gasteiger partial charge in [0.1, 0.15) is 5.82 Å². The van der Waals surface area contributed by atoms with Crippen LogP contribution in [0.4, 0.5) is 10.1 Å². The molecule has 0 aliphatic heterocycles. The SMILES string of the molecule is NC(=O)CCNc1cc(Cl)ccc1F. The van der Waals surface area contributed by atoms with Crippen molar-refractivity contribution in [3.05, 3.63) is 29.0 Å². The van der Waals surface area contributed by atoms with E-state index in [1.807, 2.05) is 0 Å². The van der Waals surface area contributed by atoms with Crippen LogP contribution in [0.15, 0.2) is 18.2 Å². The van der Waals surface area contributed by atoms with Crippen LogP contribution in [0.25, 0.3) is 0 Å². The number of anilines is 1. The van der Waals surface area contributed by atoms with E-state index in [1.54, 1.807) is 0 Å². The first kappa shape index (κ1) is 10.8. The number of nitrogens with one attached hydrogen (secondary N) is 1. The zero-order valence-electron chi connectivity index (χ0n) is 7.39. The van der Waals surface area contributed by atoms with Crippen LogP contribution in [-0.4, -0.2) is 12.5 Å². The van der Waals surface area contributed by atoms with E-state index < -0.39 is 11.7 Å². The Bertz CT molecular complexity index is 344. The molecule has 1 aromatic rings. The van der Waals surface area contributed by atoms with Crippen LogP contribution < -0.4 is 11.1 Å². The number of halogens is 2. The predicted molar refractivity (Wildman–Crippen MR) is 53.7 cm³/mol. The molecule has 5 heteroatoms. The number of hydrogen-bond donors (Lipinski definition) is 2. The molecule has 1 aromatic carbocycles. The van der Waals surface area contributed by atoms with Gasteiger partial charge in [-0.25, -0.2) is 4.39 Å². The first-order chi connectivity index (χ1) is 6.59. The third-order valence-corrected chi connectivity index (χ3v) is 1.85. The zero-order chi connectivity index (χ0) is 10.6. The van der Waals surface area contributed by atoms with Crippen molar-refractivity contribution >= 4 is 23.2 Å². The van der Waals surface area contributed by atoms with Crippen LogP contribution in [0.1, 0.15) is 6.42 Å². The lowest BCUT2D eigenvalue weighted by molar-refractivity contribution is -0.117. The highest BCUT2D eigenvalue weighted by atomic mass is 35.5. The van der Waals surface area contributed by atoms with Gasteiger partial charge in [-0.05, 0) is 18.2 Å². The van der Waals surface area contributed by atoms with E-state index in [0.717, 1.165) is 0 Å². The molecule has 1 amide bonds. The average molecular weight is 217 g/mol. The predicted octanol–water partition coefficient (Wildman–Crippen LogP) is 1.77. The van der Waals surface area contributed by atoms with E-state index in [9.17, 15) is 9.18 Å². The minimum absolute atomic E-state index is 0.159. The third-order valence-electron chi connectivity index (χ3n) is 1.62. The highest BCUT2D eigenvalue weighted by Gasteiger charge is 2.02. The van der Waals surface area contributed by atoms with Gasteiger partial charge in [-0.15, -0.1) is 0 Å². The fourth-order valence-electron chi connectivity index (χ4n) is 0.953. The molecule has 0 bridgehead atoms. The number of carbonyl (C=O) groups is 1. The molecule has 0 heterocycles. The number of hydrogen-bond acceptors (Lipinski definition) is 2. The van der Waals surface area contributed by atoms with Crippen molar-refractivity contribution in [1.29, 1.82) is 0 Å². The smallest absolute Gasteiger partial charge is 0.219 e. The monoisotopic (exact) mass is 216 g/mol. The number of primary amides is 1. The normalized spacial score (nSPS) is 9.86. The molecule has 14 heavy (non-hydrogen) atoms. The molecule has 76 valence electrons. The number of carbonyl (C=O) groups excluding carboxylic acids is 1. The molecular formula is C9H10ClFN2O. The van der Waals surface area contributed by atoms with Gasteiger partial charge in [0.2, 0.25) is 5.91 Å². The van der Waals surface area contributed by atoms with Gasteiger partial charge in [0.15, 0.2) is 0 Å². The second-order valence-corrected chi connectivity index (χ2v) is 3.20. The number of benzene rings is 1. The molecule has 1 rings (SSSR count). The minimum atomic E-state index is -0.431. The molecule has 0 saturated carbocycles. The molecule has 0 aliphatic carbocycles. The van der Waals surface area contributed by atoms with Gasteiger partial charge in [-0.2, -0.15) is 0 Å². The Balaban J connectivity index is 2.57. The molecule has 0 aromatic heterocycles. The summed E-state index contributed by atoms with van der Waals surface area (Å²) in [5, 5.41) is 3.16. The Morgan fingerprint density at radius 3 is 2.93 bits per heavy atom. The minimum Gasteiger partial charge on any atom is -0.382 e. The van der Waals surface area contributed by atoms with Crippen LogP contribution in [0, 0.1) is 5.82 Å². The lowest BCUT2D eigenvalue weighted by atomic mass is 10.3. The van der Waals surface area contributed by atoms with Crippen molar-refractivity contribution in [1.82, 2.24) is 0 Å². The molecular weight excluding hydrogens is 207 g/mol. The van der Waals surface area contributed by atoms with Crippen LogP contribution in [0.5, 0.6) is 0 Å². The van der Waals surface area contributed by atoms with Gasteiger partial charge >= 0.3 is 0 Å². The molecule has 3 nitrogen and oxygen atoms in total. The zero-order valence-corrected chi connectivity index (χ0v) is 8.14. The first-order valence-corrected chi connectivity index (χ1v) is 4.44. The summed E-state index contributed by atoms with van der Waals surface area (Å²) in [7, 11) is 0. The average Bonchev–Trinajstić information content (AvgIpc) is 2.10. The van der Waals surface area contributed by atoms with Gasteiger partial charge in [-0.3, -0.25) is 4.79 Å². The van der Waals surface area contributed by atoms with E-state index in [0.29, 0.717) is 11.6 Å². The Hall–Kier alpha value is -1.29. The van der Waals surface area contributed by atoms with Gasteiger partial charge in [0.05, 0.1) is 5.69 Å². The van der Waals surface area contributed by atoms with E-state index in [4.69, 9.17) is 17.3 Å². The van der Waals surface area contributed by atoms with Crippen molar-refractivity contribution in [3.63, 3.8) is 0 Å². The van der Waals surface area contributed by atoms with Crippen molar-refractivity contribution < 1.29 is 9.18 Å². The van der Waals surface area contributed by atoms with Crippen LogP contribution >= 0.6 is 11.6 Å². The summed E-state index contributed by atoms with van der Waals surface area (Å²) in [5.41, 5.74) is 5.20. The summed E-state index contributed by atoms with van der Waals surface area (Å²) in [6.07, 6.45) is 0.159. The Morgan fingerprint density at radius 1 is 1.57 bits per heavy atom. The Kier molecular flexibility index (Phi) is 3.71. The molecule has 3 N–H and O–H groups in total. The van der Waals surface area contributed by atoms with E-state index in [-0.39, 0.29) is 12.1 Å². The lowest BCUT2D eigenvalue weighted by Crippen LogP contribution is -2.16. The molecule has 0 saturated heterocycles. The highest BCUT2D eigenvalue weighted by molar-refractivity contribution is 6.30. The first-order valence-electron chi connectivity index (χ1n) is 4.07. The molecule has 0 radical (unpaired) electrons. The summed E-state index contributed by atoms with van der Waals surface area (Å²) < 4.78 is 13.1. The Morgan fingerprint density at radius 2 is 2.29 bits per heavy atom. The maximum atomic E-state index is 13.1. The van der Waals surface area contributed by atoms with Crippen molar-refractivity contribution in [3.8, 4) is 0 Å². The molecule has 0 atom stereocenters. The highest BCUT2D eigenvalue weighted by Crippen LogP contribution is 2.19. The standard InChI is InChI=1S/C9H10ClFN2O/c10-6-1-2-7(11)8(5-6)13-4-3-9(12)14/h1-2,5,13H,3-4H2,(H2,12,14). The number of rotatable bonds is 4. The lowest BCUT2D eigenvalue weighted by Gasteiger charge is -2.06. The van der Waals surface area contributed by atoms with Crippen molar-refractivity contribution in [2.45, 2.75) is 6.42 Å². The van der Waals surface area contributed by atoms with E-state index >= 15 is 0 Å². The second kappa shape index (κ2) is 4.81. The van der Waals surface area contributed by atoms with Crippen molar-refractivity contribution in [2.75, 3.05) is 11.9 Å². The second-order valence-electron chi connectivity index (χ2n) is 2.77. The molecule has 0 fully saturated rings. The van der Waals surface area contributed by atoms with Gasteiger partial charge in [0, 0.05) is 18.0 Å². The number of amides is 1. The quantitative estimate of drug-likeness (QED) is 0.806. The van der Waals surface area contributed by atoms with Crippen molar-refractivity contribution in [2.24, 2.45) is 5.73 Å². The molecule has 0 spiro atoms. The van der Waals surface area contributed by atoms with Gasteiger partial charge < -0.3 is 11.1 Å². The molecule has 0 unspecified atom stereocenters. The van der Waals surface area contributed by atoms with Gasteiger partial charge in [0.25, 0.3) is 0 Å². The van der Waals surface area contributed by atoms with Crippen LogP contribution in [-0.2, 0) is 4.79 Å². The topological polar surface area (TPSA) is 55.1 Å². The van der Waals surface area contributed by atoms with Crippen LogP contribution in [0.3, 0.4) is 0 Å². The maximum absolute atomic E-state index is 13.1. The largest absolute Gasteiger partial charge is 0.382 e. The maximum Gasteiger partial charge on any atom is 0.219 e. The summed E-state index contributed by atoms with van der Waals surface area (Å²) in [5.74, 6) is -0.834. The summed E-state index contributed by atoms with van der Waals surface area (Å²) in [6, 6.07) is 4.17. The van der Waals surface area contributed by atoms with Gasteiger partial charge in [-0.1, -0.05) is 11.6 Å². The summed E-state index contributed by atoms with van der Waals surface area (Å²) in [6.45, 7) is 0.298. The van der Waals surface area contributed by atoms with Crippen LogP contribution in [0.2, 0.25) is 5.02 Å². The fraction of sp³-hybridized carbons (Fsp3) is 0.222. The molecule has 0 aliphatic rings. The number of nitrogens with two attached hydrogens (primary N) is 1. The third kappa shape index (κ3) is 3.22. The summed E-state index contributed by atoms with van der Waals surface area (Å²) >= 11 is 5.66. The van der Waals surface area contributed by atoms with E-state index in [1.165, 1.54) is 18.2 Å². The van der Waals surface area contributed by atoms with E-state index in [2.05, 4.69) is 5.32 Å².